The number of rotatable bonds is 10. The number of amides is 2. The van der Waals surface area contributed by atoms with Crippen LogP contribution in [0, 0.1) is 6.92 Å². The number of aryl methyl sites for hydroxylation is 1. The molecule has 1 N–H and O–H groups in total. The lowest BCUT2D eigenvalue weighted by atomic mass is 9.86. The number of nitrogens with zero attached hydrogens (tertiary/aromatic N) is 1. The van der Waals surface area contributed by atoms with Crippen molar-refractivity contribution in [3.63, 3.8) is 0 Å². The molecule has 2 amide bonds. The van der Waals surface area contributed by atoms with Gasteiger partial charge in [0.15, 0.2) is 6.61 Å². The highest BCUT2D eigenvalue weighted by molar-refractivity contribution is 5.88. The lowest BCUT2D eigenvalue weighted by molar-refractivity contribution is -0.143. The van der Waals surface area contributed by atoms with E-state index in [2.05, 4.69) is 26.1 Å². The summed E-state index contributed by atoms with van der Waals surface area (Å²) in [6.45, 7) is 13.2. The van der Waals surface area contributed by atoms with Crippen LogP contribution in [0.1, 0.15) is 64.2 Å². The van der Waals surface area contributed by atoms with Crippen molar-refractivity contribution in [1.82, 2.24) is 10.2 Å². The molecule has 0 aliphatic carbocycles. The maximum absolute atomic E-state index is 13.4. The van der Waals surface area contributed by atoms with Gasteiger partial charge in [-0.15, -0.1) is 0 Å². The van der Waals surface area contributed by atoms with Gasteiger partial charge in [-0.05, 0) is 42.4 Å². The Morgan fingerprint density at radius 2 is 1.78 bits per heavy atom. The van der Waals surface area contributed by atoms with E-state index in [0.717, 1.165) is 23.1 Å². The van der Waals surface area contributed by atoms with Crippen molar-refractivity contribution in [3.8, 4) is 5.75 Å². The summed E-state index contributed by atoms with van der Waals surface area (Å²) in [5.74, 6) is 0.381. The molecule has 174 valence electrons. The third-order valence-electron chi connectivity index (χ3n) is 5.42. The van der Waals surface area contributed by atoms with E-state index in [4.69, 9.17) is 4.74 Å². The zero-order chi connectivity index (χ0) is 23.7. The predicted molar refractivity (Wildman–Crippen MR) is 130 cm³/mol. The Hall–Kier alpha value is -2.82. The second kappa shape index (κ2) is 11.7. The van der Waals surface area contributed by atoms with E-state index in [1.54, 1.807) is 4.90 Å². The van der Waals surface area contributed by atoms with E-state index in [1.807, 2.05) is 69.3 Å². The maximum atomic E-state index is 13.4. The Balaban J connectivity index is 2.26. The minimum absolute atomic E-state index is 0.104. The molecule has 0 fully saturated rings. The minimum atomic E-state index is -0.545. The van der Waals surface area contributed by atoms with Gasteiger partial charge in [-0.2, -0.15) is 0 Å². The van der Waals surface area contributed by atoms with Crippen molar-refractivity contribution < 1.29 is 14.3 Å². The van der Waals surface area contributed by atoms with Crippen LogP contribution >= 0.6 is 0 Å². The molecule has 0 radical (unpaired) electrons. The van der Waals surface area contributed by atoms with Gasteiger partial charge in [0.25, 0.3) is 5.91 Å². The largest absolute Gasteiger partial charge is 0.483 e. The molecule has 5 heteroatoms. The Labute approximate surface area is 193 Å². The molecular weight excluding hydrogens is 400 g/mol. The smallest absolute Gasteiger partial charge is 0.261 e. The molecule has 0 heterocycles. The van der Waals surface area contributed by atoms with Crippen LogP contribution in [-0.4, -0.2) is 35.9 Å². The normalized spacial score (nSPS) is 12.2. The van der Waals surface area contributed by atoms with Crippen LogP contribution in [0.4, 0.5) is 0 Å². The summed E-state index contributed by atoms with van der Waals surface area (Å²) in [7, 11) is 0. The van der Waals surface area contributed by atoms with Gasteiger partial charge in [-0.1, -0.05) is 82.6 Å². The molecule has 2 aromatic rings. The third kappa shape index (κ3) is 7.11. The van der Waals surface area contributed by atoms with Gasteiger partial charge in [-0.25, -0.2) is 0 Å². The first-order valence-electron chi connectivity index (χ1n) is 11.5. The quantitative estimate of drug-likeness (QED) is 0.568. The zero-order valence-electron chi connectivity index (χ0n) is 20.4. The lowest BCUT2D eigenvalue weighted by Crippen LogP contribution is -2.50. The molecule has 0 aromatic heterocycles. The first-order chi connectivity index (χ1) is 15.2. The van der Waals surface area contributed by atoms with Crippen LogP contribution in [0.2, 0.25) is 0 Å². The molecule has 5 nitrogen and oxygen atoms in total. The van der Waals surface area contributed by atoms with E-state index in [1.165, 1.54) is 0 Å². The highest BCUT2D eigenvalue weighted by atomic mass is 16.5. The van der Waals surface area contributed by atoms with Crippen molar-refractivity contribution in [2.24, 2.45) is 0 Å². The van der Waals surface area contributed by atoms with Crippen molar-refractivity contribution in [2.75, 3.05) is 13.2 Å². The average Bonchev–Trinajstić information content (AvgIpc) is 2.75. The summed E-state index contributed by atoms with van der Waals surface area (Å²) < 4.78 is 6.00. The molecule has 0 saturated carbocycles. The number of hydrogen-bond donors (Lipinski definition) is 1. The number of benzene rings is 2. The van der Waals surface area contributed by atoms with Crippen molar-refractivity contribution >= 4 is 11.8 Å². The number of ether oxygens (including phenoxy) is 1. The zero-order valence-corrected chi connectivity index (χ0v) is 20.4. The summed E-state index contributed by atoms with van der Waals surface area (Å²) in [5.41, 5.74) is 3.06. The van der Waals surface area contributed by atoms with Crippen LogP contribution in [0.3, 0.4) is 0 Å². The fourth-order valence-corrected chi connectivity index (χ4v) is 3.73. The van der Waals surface area contributed by atoms with Crippen LogP contribution < -0.4 is 10.1 Å². The summed E-state index contributed by atoms with van der Waals surface area (Å²) in [5, 5.41) is 2.95. The molecule has 32 heavy (non-hydrogen) atoms. The third-order valence-corrected chi connectivity index (χ3v) is 5.42. The number of nitrogens with one attached hydrogen (secondary N) is 1. The van der Waals surface area contributed by atoms with E-state index >= 15 is 0 Å². The van der Waals surface area contributed by atoms with E-state index in [9.17, 15) is 9.59 Å². The molecule has 0 aliphatic heterocycles. The monoisotopic (exact) mass is 438 g/mol. The highest BCUT2D eigenvalue weighted by Gasteiger charge is 2.29. The standard InChI is InChI=1S/C27H38N2O3/c1-7-16-28-26(31)23(8-2)29(18-21-13-11-12-20(3)17-21)25(30)19-32-24-15-10-9-14-22(24)27(4,5)6/h9-15,17,23H,7-8,16,18-19H2,1-6H3,(H,28,31)/t23-/m1/s1. The van der Waals surface area contributed by atoms with Crippen LogP contribution in [0.15, 0.2) is 48.5 Å². The van der Waals surface area contributed by atoms with E-state index < -0.39 is 6.04 Å². The summed E-state index contributed by atoms with van der Waals surface area (Å²) in [6.07, 6.45) is 1.38. The van der Waals surface area contributed by atoms with Crippen molar-refractivity contribution in [3.05, 3.63) is 65.2 Å². The van der Waals surface area contributed by atoms with E-state index in [0.29, 0.717) is 25.3 Å². The fourth-order valence-electron chi connectivity index (χ4n) is 3.73. The van der Waals surface area contributed by atoms with Gasteiger partial charge < -0.3 is 15.0 Å². The lowest BCUT2D eigenvalue weighted by Gasteiger charge is -2.31. The second-order valence-electron chi connectivity index (χ2n) is 9.26. The van der Waals surface area contributed by atoms with Gasteiger partial charge in [0, 0.05) is 13.1 Å². The Morgan fingerprint density at radius 1 is 1.06 bits per heavy atom. The first kappa shape index (κ1) is 25.4. The molecule has 0 saturated heterocycles. The van der Waals surface area contributed by atoms with Crippen LogP contribution in [0.25, 0.3) is 0 Å². The Kier molecular flexibility index (Phi) is 9.30. The molecule has 0 bridgehead atoms. The number of carbonyl (C=O) groups is 2. The summed E-state index contributed by atoms with van der Waals surface area (Å²) >= 11 is 0. The predicted octanol–water partition coefficient (Wildman–Crippen LogP) is 5.00. The first-order valence-corrected chi connectivity index (χ1v) is 11.5. The fraction of sp³-hybridized carbons (Fsp3) is 0.481. The van der Waals surface area contributed by atoms with E-state index in [-0.39, 0.29) is 23.8 Å². The number of hydrogen-bond acceptors (Lipinski definition) is 3. The SMILES string of the molecule is CCCNC(=O)[C@@H](CC)N(Cc1cccc(C)c1)C(=O)COc1ccccc1C(C)(C)C. The molecule has 0 unspecified atom stereocenters. The van der Waals surface area contributed by atoms with Gasteiger partial charge in [0.1, 0.15) is 11.8 Å². The van der Waals surface area contributed by atoms with Gasteiger partial charge in [0.05, 0.1) is 0 Å². The molecule has 1 atom stereocenters. The van der Waals surface area contributed by atoms with Gasteiger partial charge in [-0.3, -0.25) is 9.59 Å². The van der Waals surface area contributed by atoms with Crippen LogP contribution in [0.5, 0.6) is 5.75 Å². The van der Waals surface area contributed by atoms with Crippen molar-refractivity contribution in [2.45, 2.75) is 72.4 Å². The van der Waals surface area contributed by atoms with Crippen LogP contribution in [-0.2, 0) is 21.5 Å². The van der Waals surface area contributed by atoms with Gasteiger partial charge >= 0.3 is 0 Å². The molecule has 0 aliphatic rings. The topological polar surface area (TPSA) is 58.6 Å². The summed E-state index contributed by atoms with van der Waals surface area (Å²) in [4.78, 5) is 27.9. The number of para-hydroxylation sites is 1. The molecule has 0 spiro atoms. The highest BCUT2D eigenvalue weighted by Crippen LogP contribution is 2.31. The average molecular weight is 439 g/mol. The number of carbonyl (C=O) groups excluding carboxylic acids is 2. The van der Waals surface area contributed by atoms with Gasteiger partial charge in [0.2, 0.25) is 5.91 Å². The second-order valence-corrected chi connectivity index (χ2v) is 9.26. The minimum Gasteiger partial charge on any atom is -0.483 e. The van der Waals surface area contributed by atoms with Crippen molar-refractivity contribution in [1.29, 1.82) is 0 Å². The maximum Gasteiger partial charge on any atom is 0.261 e. The summed E-state index contributed by atoms with van der Waals surface area (Å²) in [6, 6.07) is 15.3. The molecule has 2 aromatic carbocycles. The Bertz CT molecular complexity index is 902. The molecular formula is C27H38N2O3. The molecule has 2 rings (SSSR count). The Morgan fingerprint density at radius 3 is 2.41 bits per heavy atom.